The molecule has 2 amide bonds. The van der Waals surface area contributed by atoms with Crippen molar-refractivity contribution in [3.8, 4) is 5.88 Å². The van der Waals surface area contributed by atoms with Crippen LogP contribution in [0.25, 0.3) is 0 Å². The molecule has 1 aliphatic heterocycles. The second-order valence-electron chi connectivity index (χ2n) is 7.21. The molecule has 1 saturated heterocycles. The Kier molecular flexibility index (Phi) is 7.29. The first-order valence-electron chi connectivity index (χ1n) is 10.2. The highest BCUT2D eigenvalue weighted by molar-refractivity contribution is 5.93. The van der Waals surface area contributed by atoms with Gasteiger partial charge in [-0.05, 0) is 31.7 Å². The SMILES string of the molecule is CCCON(C(=O)C1CCN(c2ncc(C)c(C(N)=O)n2)CC1)c1cncc(OC)n1. The van der Waals surface area contributed by atoms with Gasteiger partial charge in [0.15, 0.2) is 5.82 Å². The lowest BCUT2D eigenvalue weighted by molar-refractivity contribution is -0.130. The lowest BCUT2D eigenvalue weighted by Crippen LogP contribution is -2.43. The van der Waals surface area contributed by atoms with Gasteiger partial charge in [-0.15, -0.1) is 0 Å². The lowest BCUT2D eigenvalue weighted by Gasteiger charge is -2.33. The van der Waals surface area contributed by atoms with Gasteiger partial charge in [-0.25, -0.2) is 9.97 Å². The summed E-state index contributed by atoms with van der Waals surface area (Å²) >= 11 is 0. The van der Waals surface area contributed by atoms with E-state index >= 15 is 0 Å². The van der Waals surface area contributed by atoms with Crippen LogP contribution >= 0.6 is 0 Å². The number of rotatable bonds is 8. The van der Waals surface area contributed by atoms with E-state index < -0.39 is 5.91 Å². The molecule has 1 aliphatic rings. The van der Waals surface area contributed by atoms with Crippen LogP contribution in [0.1, 0.15) is 42.2 Å². The lowest BCUT2D eigenvalue weighted by atomic mass is 9.96. The number of ether oxygens (including phenoxy) is 1. The van der Waals surface area contributed by atoms with Crippen molar-refractivity contribution in [3.05, 3.63) is 29.8 Å². The molecule has 11 nitrogen and oxygen atoms in total. The third-order valence-corrected chi connectivity index (χ3v) is 4.96. The Morgan fingerprint density at radius 1 is 1.23 bits per heavy atom. The monoisotopic (exact) mass is 429 g/mol. The number of methoxy groups -OCH3 is 1. The summed E-state index contributed by atoms with van der Waals surface area (Å²) in [5, 5.41) is 1.22. The molecular formula is C20H27N7O4. The largest absolute Gasteiger partial charge is 0.480 e. The minimum absolute atomic E-state index is 0.182. The van der Waals surface area contributed by atoms with Crippen molar-refractivity contribution in [1.82, 2.24) is 19.9 Å². The van der Waals surface area contributed by atoms with Crippen LogP contribution in [0, 0.1) is 12.8 Å². The van der Waals surface area contributed by atoms with Gasteiger partial charge in [0.25, 0.3) is 11.8 Å². The zero-order valence-electron chi connectivity index (χ0n) is 17.9. The predicted molar refractivity (Wildman–Crippen MR) is 113 cm³/mol. The van der Waals surface area contributed by atoms with Crippen molar-refractivity contribution in [3.63, 3.8) is 0 Å². The van der Waals surface area contributed by atoms with E-state index in [0.717, 1.165) is 6.42 Å². The molecule has 166 valence electrons. The average molecular weight is 429 g/mol. The number of primary amides is 1. The van der Waals surface area contributed by atoms with E-state index in [1.54, 1.807) is 13.1 Å². The van der Waals surface area contributed by atoms with E-state index in [4.69, 9.17) is 15.3 Å². The molecule has 0 atom stereocenters. The maximum absolute atomic E-state index is 13.2. The molecule has 2 aromatic heterocycles. The Hall–Kier alpha value is -3.34. The Balaban J connectivity index is 1.71. The van der Waals surface area contributed by atoms with Gasteiger partial charge < -0.3 is 15.4 Å². The van der Waals surface area contributed by atoms with Crippen molar-refractivity contribution in [2.24, 2.45) is 11.7 Å². The van der Waals surface area contributed by atoms with Crippen LogP contribution in [0.3, 0.4) is 0 Å². The first-order chi connectivity index (χ1) is 14.9. The molecule has 0 saturated carbocycles. The Labute approximate surface area is 180 Å². The first kappa shape index (κ1) is 22.3. The topological polar surface area (TPSA) is 137 Å². The zero-order valence-corrected chi connectivity index (χ0v) is 17.9. The van der Waals surface area contributed by atoms with Crippen LogP contribution in [-0.4, -0.2) is 58.6 Å². The van der Waals surface area contributed by atoms with Crippen molar-refractivity contribution in [2.45, 2.75) is 33.1 Å². The fourth-order valence-electron chi connectivity index (χ4n) is 3.29. The number of aryl methyl sites for hydroxylation is 1. The van der Waals surface area contributed by atoms with Gasteiger partial charge in [0.2, 0.25) is 11.8 Å². The summed E-state index contributed by atoms with van der Waals surface area (Å²) in [6.07, 6.45) is 6.41. The van der Waals surface area contributed by atoms with Crippen LogP contribution in [0.15, 0.2) is 18.6 Å². The van der Waals surface area contributed by atoms with Crippen molar-refractivity contribution in [1.29, 1.82) is 0 Å². The van der Waals surface area contributed by atoms with Gasteiger partial charge in [-0.1, -0.05) is 6.92 Å². The van der Waals surface area contributed by atoms with Gasteiger partial charge in [0, 0.05) is 25.2 Å². The fourth-order valence-corrected chi connectivity index (χ4v) is 3.29. The van der Waals surface area contributed by atoms with E-state index in [-0.39, 0.29) is 23.3 Å². The smallest absolute Gasteiger partial charge is 0.267 e. The summed E-state index contributed by atoms with van der Waals surface area (Å²) in [4.78, 5) is 49.4. The standard InChI is InChI=1S/C20H27N7O4/c1-4-9-31-27(15-11-22-12-16(24-15)30-3)19(29)14-5-7-26(8-6-14)20-23-10-13(2)17(25-20)18(21)28/h10-12,14H,4-9H2,1-3H3,(H2,21,28). The number of carbonyl (C=O) groups excluding carboxylic acids is 2. The molecule has 2 N–H and O–H groups in total. The highest BCUT2D eigenvalue weighted by atomic mass is 16.7. The number of hydrogen-bond acceptors (Lipinski definition) is 9. The summed E-state index contributed by atoms with van der Waals surface area (Å²) in [6, 6.07) is 0. The van der Waals surface area contributed by atoms with Gasteiger partial charge in [-0.2, -0.15) is 10.0 Å². The van der Waals surface area contributed by atoms with E-state index in [1.165, 1.54) is 24.6 Å². The molecule has 1 fully saturated rings. The Morgan fingerprint density at radius 2 is 1.97 bits per heavy atom. The molecule has 0 aliphatic carbocycles. The van der Waals surface area contributed by atoms with Gasteiger partial charge in [0.1, 0.15) is 5.69 Å². The maximum Gasteiger partial charge on any atom is 0.267 e. The molecular weight excluding hydrogens is 402 g/mol. The molecule has 11 heteroatoms. The fraction of sp³-hybridized carbons (Fsp3) is 0.500. The normalized spacial score (nSPS) is 14.4. The second kappa shape index (κ2) is 10.1. The molecule has 0 unspecified atom stereocenters. The Morgan fingerprint density at radius 3 is 2.61 bits per heavy atom. The number of carbonyl (C=O) groups is 2. The number of nitrogens with zero attached hydrogens (tertiary/aromatic N) is 6. The third-order valence-electron chi connectivity index (χ3n) is 4.96. The molecule has 3 heterocycles. The van der Waals surface area contributed by atoms with Crippen LogP contribution in [0.4, 0.5) is 11.8 Å². The van der Waals surface area contributed by atoms with Gasteiger partial charge in [-0.3, -0.25) is 19.4 Å². The molecule has 0 bridgehead atoms. The highest BCUT2D eigenvalue weighted by Gasteiger charge is 2.32. The van der Waals surface area contributed by atoms with Crippen LogP contribution in [0.5, 0.6) is 5.88 Å². The van der Waals surface area contributed by atoms with Gasteiger partial charge >= 0.3 is 0 Å². The summed E-state index contributed by atoms with van der Waals surface area (Å²) < 4.78 is 5.11. The van der Waals surface area contributed by atoms with Crippen molar-refractivity contribution >= 4 is 23.6 Å². The number of anilines is 2. The Bertz CT molecular complexity index is 931. The van der Waals surface area contributed by atoms with Crippen LogP contribution < -0.4 is 20.4 Å². The van der Waals surface area contributed by atoms with Gasteiger partial charge in [0.05, 0.1) is 26.1 Å². The molecule has 3 rings (SSSR count). The highest BCUT2D eigenvalue weighted by Crippen LogP contribution is 2.25. The summed E-state index contributed by atoms with van der Waals surface area (Å²) in [7, 11) is 1.49. The third kappa shape index (κ3) is 5.23. The number of nitrogens with two attached hydrogens (primary N) is 1. The molecule has 31 heavy (non-hydrogen) atoms. The minimum Gasteiger partial charge on any atom is -0.480 e. The van der Waals surface area contributed by atoms with Crippen molar-refractivity contribution < 1.29 is 19.2 Å². The summed E-state index contributed by atoms with van der Waals surface area (Å²) in [6.45, 7) is 5.18. The number of piperidine rings is 1. The summed E-state index contributed by atoms with van der Waals surface area (Å²) in [5.74, 6) is -0.0157. The molecule has 0 radical (unpaired) electrons. The predicted octanol–water partition coefficient (Wildman–Crippen LogP) is 1.27. The molecule has 0 spiro atoms. The number of hydroxylamine groups is 1. The van der Waals surface area contributed by atoms with Crippen LogP contribution in [-0.2, 0) is 9.63 Å². The maximum atomic E-state index is 13.2. The van der Waals surface area contributed by atoms with E-state index in [1.807, 2.05) is 11.8 Å². The van der Waals surface area contributed by atoms with E-state index in [9.17, 15) is 9.59 Å². The van der Waals surface area contributed by atoms with Crippen LogP contribution in [0.2, 0.25) is 0 Å². The molecule has 0 aromatic carbocycles. The number of hydrogen-bond donors (Lipinski definition) is 1. The molecule has 2 aromatic rings. The average Bonchev–Trinajstić information content (AvgIpc) is 2.79. The number of aromatic nitrogens is 4. The zero-order chi connectivity index (χ0) is 22.4. The number of amides is 2. The summed E-state index contributed by atoms with van der Waals surface area (Å²) in [5.41, 5.74) is 6.23. The minimum atomic E-state index is -0.589. The first-order valence-corrected chi connectivity index (χ1v) is 10.2. The quantitative estimate of drug-likeness (QED) is 0.615. The van der Waals surface area contributed by atoms with Crippen molar-refractivity contribution in [2.75, 3.05) is 36.8 Å². The van der Waals surface area contributed by atoms with E-state index in [2.05, 4.69) is 19.9 Å². The second-order valence-corrected chi connectivity index (χ2v) is 7.21. The van der Waals surface area contributed by atoms with E-state index in [0.29, 0.717) is 49.9 Å².